The third kappa shape index (κ3) is 2.06. The second kappa shape index (κ2) is 3.46. The van der Waals surface area contributed by atoms with Gasteiger partial charge in [-0.1, -0.05) is 19.1 Å². The molecule has 0 aliphatic heterocycles. The van der Waals surface area contributed by atoms with Gasteiger partial charge in [0, 0.05) is 6.26 Å². The van der Waals surface area contributed by atoms with Gasteiger partial charge in [-0.15, -0.1) is 0 Å². The summed E-state index contributed by atoms with van der Waals surface area (Å²) in [5, 5.41) is 0. The molecule has 2 nitrogen and oxygen atoms in total. The van der Waals surface area contributed by atoms with Crippen LogP contribution in [-0.2, 0) is 16.3 Å². The third-order valence-corrected chi connectivity index (χ3v) is 2.94. The van der Waals surface area contributed by atoms with Crippen LogP contribution >= 0.6 is 0 Å². The molecule has 72 valence electrons. The molecule has 0 unspecified atom stereocenters. The van der Waals surface area contributed by atoms with Gasteiger partial charge >= 0.3 is 0 Å². The highest BCUT2D eigenvalue weighted by Crippen LogP contribution is 2.17. The monoisotopic (exact) mass is 202 g/mol. The number of halogens is 1. The van der Waals surface area contributed by atoms with Crippen LogP contribution in [0.15, 0.2) is 23.1 Å². The van der Waals surface area contributed by atoms with E-state index >= 15 is 0 Å². The maximum Gasteiger partial charge on any atom is 0.178 e. The Balaban J connectivity index is 3.41. The van der Waals surface area contributed by atoms with Crippen molar-refractivity contribution in [1.82, 2.24) is 0 Å². The van der Waals surface area contributed by atoms with E-state index in [-0.39, 0.29) is 4.90 Å². The lowest BCUT2D eigenvalue weighted by Crippen LogP contribution is -2.02. The van der Waals surface area contributed by atoms with Crippen LogP contribution < -0.4 is 0 Å². The van der Waals surface area contributed by atoms with E-state index in [4.69, 9.17) is 0 Å². The average molecular weight is 202 g/mol. The van der Waals surface area contributed by atoms with Crippen molar-refractivity contribution in [2.45, 2.75) is 18.2 Å². The van der Waals surface area contributed by atoms with Crippen LogP contribution in [0.5, 0.6) is 0 Å². The van der Waals surface area contributed by atoms with Crippen molar-refractivity contribution >= 4 is 9.84 Å². The Bertz CT molecular complexity index is 410. The van der Waals surface area contributed by atoms with Crippen molar-refractivity contribution in [2.24, 2.45) is 0 Å². The molecule has 0 saturated carbocycles. The summed E-state index contributed by atoms with van der Waals surface area (Å²) < 4.78 is 35.6. The Morgan fingerprint density at radius 3 is 2.46 bits per heavy atom. The van der Waals surface area contributed by atoms with Crippen LogP contribution in [0, 0.1) is 5.82 Å². The Morgan fingerprint density at radius 1 is 1.38 bits per heavy atom. The molecular weight excluding hydrogens is 191 g/mol. The number of rotatable bonds is 2. The zero-order valence-corrected chi connectivity index (χ0v) is 8.36. The number of sulfone groups is 1. The van der Waals surface area contributed by atoms with E-state index in [0.29, 0.717) is 12.0 Å². The predicted octanol–water partition coefficient (Wildman–Crippen LogP) is 1.79. The van der Waals surface area contributed by atoms with Gasteiger partial charge in [-0.3, -0.25) is 0 Å². The van der Waals surface area contributed by atoms with E-state index in [1.807, 2.05) is 0 Å². The SMILES string of the molecule is CCc1cccc(S(C)(=O)=O)c1F. The maximum absolute atomic E-state index is 13.4. The third-order valence-electron chi connectivity index (χ3n) is 1.82. The van der Waals surface area contributed by atoms with Crippen LogP contribution in [0.4, 0.5) is 4.39 Å². The van der Waals surface area contributed by atoms with Gasteiger partial charge in [0.05, 0.1) is 0 Å². The van der Waals surface area contributed by atoms with E-state index < -0.39 is 15.7 Å². The lowest BCUT2D eigenvalue weighted by molar-refractivity contribution is 0.562. The normalized spacial score (nSPS) is 11.6. The van der Waals surface area contributed by atoms with Gasteiger partial charge < -0.3 is 0 Å². The van der Waals surface area contributed by atoms with Gasteiger partial charge in [0.1, 0.15) is 10.7 Å². The second-order valence-electron chi connectivity index (χ2n) is 2.85. The molecule has 1 aromatic rings. The largest absolute Gasteiger partial charge is 0.224 e. The van der Waals surface area contributed by atoms with Gasteiger partial charge in [0.15, 0.2) is 9.84 Å². The van der Waals surface area contributed by atoms with Crippen LogP contribution in [0.25, 0.3) is 0 Å². The van der Waals surface area contributed by atoms with Crippen LogP contribution in [0.1, 0.15) is 12.5 Å². The lowest BCUT2D eigenvalue weighted by atomic mass is 10.2. The fraction of sp³-hybridized carbons (Fsp3) is 0.333. The predicted molar refractivity (Wildman–Crippen MR) is 48.9 cm³/mol. The molecule has 0 fully saturated rings. The summed E-state index contributed by atoms with van der Waals surface area (Å²) in [4.78, 5) is -0.216. The minimum atomic E-state index is -3.44. The zero-order chi connectivity index (χ0) is 10.1. The maximum atomic E-state index is 13.4. The molecule has 0 aliphatic carbocycles. The first-order valence-corrected chi connectivity index (χ1v) is 5.83. The van der Waals surface area contributed by atoms with E-state index in [1.54, 1.807) is 19.1 Å². The fourth-order valence-electron chi connectivity index (χ4n) is 1.12. The van der Waals surface area contributed by atoms with Crippen LogP contribution in [0.3, 0.4) is 0 Å². The summed E-state index contributed by atoms with van der Waals surface area (Å²) in [6.45, 7) is 1.78. The van der Waals surface area contributed by atoms with Crippen molar-refractivity contribution in [2.75, 3.05) is 6.26 Å². The Hall–Kier alpha value is -0.900. The molecule has 0 heterocycles. The standard InChI is InChI=1S/C9H11FO2S/c1-3-7-5-4-6-8(9(7)10)13(2,11)12/h4-6H,3H2,1-2H3. The lowest BCUT2D eigenvalue weighted by Gasteiger charge is -2.03. The molecule has 13 heavy (non-hydrogen) atoms. The highest BCUT2D eigenvalue weighted by Gasteiger charge is 2.14. The molecule has 1 rings (SSSR count). The van der Waals surface area contributed by atoms with Crippen LogP contribution in [-0.4, -0.2) is 14.7 Å². The van der Waals surface area contributed by atoms with Crippen molar-refractivity contribution in [3.8, 4) is 0 Å². The number of aryl methyl sites for hydroxylation is 1. The highest BCUT2D eigenvalue weighted by molar-refractivity contribution is 7.90. The molecule has 0 radical (unpaired) electrons. The molecule has 0 aliphatic rings. The number of benzene rings is 1. The fourth-order valence-corrected chi connectivity index (χ4v) is 1.90. The van der Waals surface area contributed by atoms with Crippen LogP contribution in [0.2, 0.25) is 0 Å². The Kier molecular flexibility index (Phi) is 2.71. The molecule has 0 N–H and O–H groups in total. The quantitative estimate of drug-likeness (QED) is 0.732. The first kappa shape index (κ1) is 10.2. The van der Waals surface area contributed by atoms with E-state index in [1.165, 1.54) is 6.07 Å². The topological polar surface area (TPSA) is 34.1 Å². The minimum absolute atomic E-state index is 0.216. The molecular formula is C9H11FO2S. The smallest absolute Gasteiger partial charge is 0.178 e. The summed E-state index contributed by atoms with van der Waals surface area (Å²) >= 11 is 0. The molecule has 0 atom stereocenters. The summed E-state index contributed by atoms with van der Waals surface area (Å²) in [7, 11) is -3.44. The molecule has 0 amide bonds. The Labute approximate surface area is 77.3 Å². The summed E-state index contributed by atoms with van der Waals surface area (Å²) in [5.41, 5.74) is 0.433. The second-order valence-corrected chi connectivity index (χ2v) is 4.84. The van der Waals surface area contributed by atoms with Crippen molar-refractivity contribution < 1.29 is 12.8 Å². The van der Waals surface area contributed by atoms with Gasteiger partial charge in [-0.25, -0.2) is 12.8 Å². The molecule has 4 heteroatoms. The summed E-state index contributed by atoms with van der Waals surface area (Å²) in [5.74, 6) is -0.618. The van der Waals surface area contributed by atoms with Gasteiger partial charge in [-0.05, 0) is 18.1 Å². The number of hydrogen-bond acceptors (Lipinski definition) is 2. The molecule has 1 aromatic carbocycles. The van der Waals surface area contributed by atoms with Gasteiger partial charge in [0.25, 0.3) is 0 Å². The summed E-state index contributed by atoms with van der Waals surface area (Å²) in [6.07, 6.45) is 1.50. The van der Waals surface area contributed by atoms with E-state index in [0.717, 1.165) is 6.26 Å². The first-order chi connectivity index (χ1) is 5.96. The molecule has 0 aromatic heterocycles. The minimum Gasteiger partial charge on any atom is -0.224 e. The first-order valence-electron chi connectivity index (χ1n) is 3.94. The zero-order valence-electron chi connectivity index (χ0n) is 7.54. The van der Waals surface area contributed by atoms with Gasteiger partial charge in [0.2, 0.25) is 0 Å². The van der Waals surface area contributed by atoms with Crippen molar-refractivity contribution in [3.05, 3.63) is 29.6 Å². The molecule has 0 spiro atoms. The highest BCUT2D eigenvalue weighted by atomic mass is 32.2. The van der Waals surface area contributed by atoms with E-state index in [2.05, 4.69) is 0 Å². The van der Waals surface area contributed by atoms with E-state index in [9.17, 15) is 12.8 Å². The van der Waals surface area contributed by atoms with Gasteiger partial charge in [-0.2, -0.15) is 0 Å². The Morgan fingerprint density at radius 2 is 2.00 bits per heavy atom. The van der Waals surface area contributed by atoms with Crippen molar-refractivity contribution in [1.29, 1.82) is 0 Å². The molecule has 0 bridgehead atoms. The number of hydrogen-bond donors (Lipinski definition) is 0. The van der Waals surface area contributed by atoms with Crippen molar-refractivity contribution in [3.63, 3.8) is 0 Å². The molecule has 0 saturated heterocycles. The summed E-state index contributed by atoms with van der Waals surface area (Å²) in [6, 6.07) is 4.42. The average Bonchev–Trinajstić information content (AvgIpc) is 2.02.